The van der Waals surface area contributed by atoms with E-state index in [-0.39, 0.29) is 24.0 Å². The first kappa shape index (κ1) is 9.31. The molecule has 1 rings (SSSR count). The maximum atomic E-state index is 5.00. The molecule has 0 aliphatic rings. The second-order valence-electron chi connectivity index (χ2n) is 1.64. The molecule has 0 aliphatic carbocycles. The van der Waals surface area contributed by atoms with Crippen LogP contribution in [0.1, 0.15) is 5.56 Å². The van der Waals surface area contributed by atoms with Crippen LogP contribution in [0.2, 0.25) is 0 Å². The highest BCUT2D eigenvalue weighted by molar-refractivity contribution is 14.0. The number of hydrogen-bond acceptors (Lipinski definition) is 1. The molecule has 1 aromatic carbocycles. The minimum atomic E-state index is 0. The molecule has 0 aliphatic heterocycles. The van der Waals surface area contributed by atoms with Crippen LogP contribution in [0.4, 0.5) is 0 Å². The molecule has 52 valence electrons. The van der Waals surface area contributed by atoms with Gasteiger partial charge in [0.2, 0.25) is 0 Å². The van der Waals surface area contributed by atoms with Crippen LogP contribution in [0.3, 0.4) is 0 Å². The van der Waals surface area contributed by atoms with Crippen LogP contribution < -0.4 is 5.73 Å². The Kier molecular flexibility index (Phi) is 4.77. The molecule has 0 heterocycles. The normalized spacial score (nSPS) is 6.80. The lowest BCUT2D eigenvalue weighted by molar-refractivity contribution is 1.63. The first-order valence-corrected chi connectivity index (χ1v) is 2.70. The number of nitrogens with two attached hydrogens (primary N) is 1. The predicted octanol–water partition coefficient (Wildman–Crippen LogP) is 1.57. The molecular weight excluding hydrogens is 237 g/mol. The molecule has 0 aromatic heterocycles. The maximum absolute atomic E-state index is 5.00. The molecule has 2 N–H and O–H groups in total. The molecule has 0 radical (unpaired) electrons. The average Bonchev–Trinajstić information content (AvgIpc) is 1.91. The summed E-state index contributed by atoms with van der Waals surface area (Å²) in [7, 11) is 0. The minimum Gasteiger partial charge on any atom is -0.359 e. The Morgan fingerprint density at radius 3 is 2.20 bits per heavy atom. The van der Waals surface area contributed by atoms with E-state index in [2.05, 4.69) is 12.0 Å². The van der Waals surface area contributed by atoms with E-state index in [0.29, 0.717) is 0 Å². The van der Waals surface area contributed by atoms with E-state index < -0.39 is 0 Å². The van der Waals surface area contributed by atoms with Gasteiger partial charge in [-0.2, -0.15) is 0 Å². The van der Waals surface area contributed by atoms with Crippen LogP contribution >= 0.6 is 24.0 Å². The van der Waals surface area contributed by atoms with Crippen LogP contribution in [0.25, 0.3) is 0 Å². The van der Waals surface area contributed by atoms with Gasteiger partial charge in [-0.25, -0.2) is 0 Å². The van der Waals surface area contributed by atoms with Crippen LogP contribution in [-0.4, -0.2) is 0 Å². The van der Waals surface area contributed by atoms with Crippen molar-refractivity contribution in [2.24, 2.45) is 5.73 Å². The lowest BCUT2D eigenvalue weighted by Gasteiger charge is -1.83. The number of hydrogen-bond donors (Lipinski definition) is 1. The highest BCUT2D eigenvalue weighted by Gasteiger charge is 1.77. The van der Waals surface area contributed by atoms with E-state index in [1.165, 1.54) is 0 Å². The van der Waals surface area contributed by atoms with Crippen molar-refractivity contribution in [2.75, 3.05) is 0 Å². The van der Waals surface area contributed by atoms with E-state index in [4.69, 9.17) is 5.73 Å². The Morgan fingerprint density at radius 1 is 1.10 bits per heavy atom. The SMILES string of the molecule is I.NC#Cc1ccccc1. The van der Waals surface area contributed by atoms with Crippen LogP contribution in [0, 0.1) is 12.0 Å². The summed E-state index contributed by atoms with van der Waals surface area (Å²) in [5.41, 5.74) is 5.96. The van der Waals surface area contributed by atoms with Crippen LogP contribution in [0.15, 0.2) is 30.3 Å². The van der Waals surface area contributed by atoms with Crippen molar-refractivity contribution in [1.29, 1.82) is 0 Å². The predicted molar refractivity (Wildman–Crippen MR) is 52.9 cm³/mol. The summed E-state index contributed by atoms with van der Waals surface area (Å²) < 4.78 is 0. The van der Waals surface area contributed by atoms with Crippen LogP contribution in [-0.2, 0) is 0 Å². The van der Waals surface area contributed by atoms with Crippen molar-refractivity contribution in [3.05, 3.63) is 35.9 Å². The summed E-state index contributed by atoms with van der Waals surface area (Å²) in [6, 6.07) is 12.0. The van der Waals surface area contributed by atoms with Crippen molar-refractivity contribution in [2.45, 2.75) is 0 Å². The van der Waals surface area contributed by atoms with E-state index >= 15 is 0 Å². The van der Waals surface area contributed by atoms with Gasteiger partial charge < -0.3 is 5.73 Å². The summed E-state index contributed by atoms with van der Waals surface area (Å²) in [5, 5.41) is 0. The van der Waals surface area contributed by atoms with Gasteiger partial charge in [0.25, 0.3) is 0 Å². The number of halogens is 1. The Labute approximate surface area is 77.6 Å². The monoisotopic (exact) mass is 245 g/mol. The molecule has 0 fully saturated rings. The van der Waals surface area contributed by atoms with E-state index in [1.807, 2.05) is 30.3 Å². The zero-order chi connectivity index (χ0) is 6.53. The standard InChI is InChI=1S/C8H7N.HI/c9-7-6-8-4-2-1-3-5-8;/h1-5H,9H2;1H. The lowest BCUT2D eigenvalue weighted by atomic mass is 10.2. The minimum absolute atomic E-state index is 0. The third-order valence-electron chi connectivity index (χ3n) is 0.990. The van der Waals surface area contributed by atoms with Crippen molar-refractivity contribution in [3.63, 3.8) is 0 Å². The Hall–Kier alpha value is -0.690. The van der Waals surface area contributed by atoms with E-state index in [0.717, 1.165) is 5.56 Å². The van der Waals surface area contributed by atoms with Gasteiger partial charge >= 0.3 is 0 Å². The molecule has 2 heteroatoms. The lowest BCUT2D eigenvalue weighted by Crippen LogP contribution is -1.77. The smallest absolute Gasteiger partial charge is 0.0263 e. The third kappa shape index (κ3) is 2.74. The molecule has 0 amide bonds. The van der Waals surface area contributed by atoms with Crippen molar-refractivity contribution in [1.82, 2.24) is 0 Å². The third-order valence-corrected chi connectivity index (χ3v) is 0.990. The van der Waals surface area contributed by atoms with Gasteiger partial charge in [0.15, 0.2) is 0 Å². The second kappa shape index (κ2) is 5.12. The largest absolute Gasteiger partial charge is 0.359 e. The topological polar surface area (TPSA) is 26.0 Å². The zero-order valence-corrected chi connectivity index (χ0v) is 7.70. The first-order chi connectivity index (χ1) is 4.43. The first-order valence-electron chi connectivity index (χ1n) is 2.70. The Bertz CT molecular complexity index is 232. The van der Waals surface area contributed by atoms with Gasteiger partial charge in [0.05, 0.1) is 0 Å². The number of rotatable bonds is 0. The summed E-state index contributed by atoms with van der Waals surface area (Å²) in [5.74, 6) is 2.74. The van der Waals surface area contributed by atoms with Crippen LogP contribution in [0.5, 0.6) is 0 Å². The van der Waals surface area contributed by atoms with Crippen molar-refractivity contribution in [3.8, 4) is 12.0 Å². The molecule has 0 unspecified atom stereocenters. The molecule has 10 heavy (non-hydrogen) atoms. The van der Waals surface area contributed by atoms with E-state index in [9.17, 15) is 0 Å². The fraction of sp³-hybridized carbons (Fsp3) is 0. The van der Waals surface area contributed by atoms with Gasteiger partial charge in [0.1, 0.15) is 0 Å². The molecule has 0 saturated heterocycles. The fourth-order valence-corrected chi connectivity index (χ4v) is 0.605. The summed E-state index contributed by atoms with van der Waals surface area (Å²) >= 11 is 0. The highest BCUT2D eigenvalue weighted by Crippen LogP contribution is 1.93. The molecule has 0 bridgehead atoms. The van der Waals surface area contributed by atoms with Crippen molar-refractivity contribution < 1.29 is 0 Å². The molecular formula is C8H8IN. The fourth-order valence-electron chi connectivity index (χ4n) is 0.605. The quantitative estimate of drug-likeness (QED) is 0.419. The van der Waals surface area contributed by atoms with Gasteiger partial charge in [-0.15, -0.1) is 24.0 Å². The van der Waals surface area contributed by atoms with Crippen molar-refractivity contribution >= 4 is 24.0 Å². The molecule has 0 spiro atoms. The van der Waals surface area contributed by atoms with Gasteiger partial charge in [-0.3, -0.25) is 0 Å². The Morgan fingerprint density at radius 2 is 1.70 bits per heavy atom. The van der Waals surface area contributed by atoms with E-state index in [1.54, 1.807) is 0 Å². The molecule has 1 nitrogen and oxygen atoms in total. The summed E-state index contributed by atoms with van der Waals surface area (Å²) in [6.07, 6.45) is 0. The second-order valence-corrected chi connectivity index (χ2v) is 1.64. The zero-order valence-electron chi connectivity index (χ0n) is 5.37. The summed E-state index contributed by atoms with van der Waals surface area (Å²) in [6.45, 7) is 0. The average molecular weight is 245 g/mol. The molecule has 0 saturated carbocycles. The Balaban J connectivity index is 0.000000810. The van der Waals surface area contributed by atoms with Gasteiger partial charge in [-0.1, -0.05) is 18.2 Å². The van der Waals surface area contributed by atoms with Gasteiger partial charge in [-0.05, 0) is 18.1 Å². The van der Waals surface area contributed by atoms with Gasteiger partial charge in [0, 0.05) is 11.6 Å². The maximum Gasteiger partial charge on any atom is 0.0263 e. The molecule has 0 atom stereocenters. The highest BCUT2D eigenvalue weighted by atomic mass is 127. The summed E-state index contributed by atoms with van der Waals surface area (Å²) in [4.78, 5) is 0. The number of benzene rings is 1. The molecule has 1 aromatic rings.